The Labute approximate surface area is 86.3 Å². The lowest BCUT2D eigenvalue weighted by Crippen LogP contribution is -2.20. The van der Waals surface area contributed by atoms with Gasteiger partial charge >= 0.3 is 0 Å². The van der Waals surface area contributed by atoms with Crippen molar-refractivity contribution in [2.24, 2.45) is 13.0 Å². The van der Waals surface area contributed by atoms with Crippen LogP contribution in [0, 0.1) is 5.92 Å². The molecule has 2 heteroatoms. The van der Waals surface area contributed by atoms with Crippen molar-refractivity contribution in [3.05, 3.63) is 24.0 Å². The predicted molar refractivity (Wildman–Crippen MR) is 59.1 cm³/mol. The lowest BCUT2D eigenvalue weighted by atomic mass is 9.83. The number of nitrogens with one attached hydrogen (secondary N) is 1. The fraction of sp³-hybridized carbons (Fsp3) is 0.667. The van der Waals surface area contributed by atoms with Gasteiger partial charge in [0.2, 0.25) is 0 Å². The van der Waals surface area contributed by atoms with Crippen molar-refractivity contribution in [2.45, 2.75) is 32.2 Å². The summed E-state index contributed by atoms with van der Waals surface area (Å²) >= 11 is 0. The van der Waals surface area contributed by atoms with Crippen molar-refractivity contribution in [1.29, 1.82) is 0 Å². The van der Waals surface area contributed by atoms with Crippen LogP contribution >= 0.6 is 0 Å². The monoisotopic (exact) mass is 192 g/mol. The summed E-state index contributed by atoms with van der Waals surface area (Å²) in [5.41, 5.74) is 1.39. The van der Waals surface area contributed by atoms with Crippen LogP contribution in [0.5, 0.6) is 0 Å². The highest BCUT2D eigenvalue weighted by atomic mass is 14.9. The van der Waals surface area contributed by atoms with Gasteiger partial charge in [0.15, 0.2) is 0 Å². The van der Waals surface area contributed by atoms with Gasteiger partial charge in [-0.1, -0.05) is 19.3 Å². The second-order valence-electron chi connectivity index (χ2n) is 4.45. The van der Waals surface area contributed by atoms with Crippen LogP contribution in [0.3, 0.4) is 0 Å². The van der Waals surface area contributed by atoms with Gasteiger partial charge in [-0.05, 0) is 30.5 Å². The first kappa shape index (κ1) is 9.78. The normalized spacial score (nSPS) is 16.9. The summed E-state index contributed by atoms with van der Waals surface area (Å²) in [7, 11) is 2.07. The Kier molecular flexibility index (Phi) is 3.25. The van der Waals surface area contributed by atoms with Gasteiger partial charge in [-0.25, -0.2) is 0 Å². The molecule has 1 N–H and O–H groups in total. The van der Waals surface area contributed by atoms with Crippen LogP contribution in [0.1, 0.15) is 31.2 Å². The molecule has 0 radical (unpaired) electrons. The molecule has 0 spiro atoms. The molecule has 78 valence electrons. The average molecular weight is 192 g/mol. The van der Waals surface area contributed by atoms with Crippen LogP contribution in [-0.4, -0.2) is 11.1 Å². The molecule has 14 heavy (non-hydrogen) atoms. The minimum atomic E-state index is 1.02. The zero-order chi connectivity index (χ0) is 9.80. The maximum atomic E-state index is 3.50. The molecule has 1 aromatic rings. The molecule has 1 aromatic heterocycles. The van der Waals surface area contributed by atoms with Crippen molar-refractivity contribution in [3.63, 3.8) is 0 Å². The van der Waals surface area contributed by atoms with E-state index in [-0.39, 0.29) is 0 Å². The molecular weight excluding hydrogens is 172 g/mol. The third-order valence-electron chi connectivity index (χ3n) is 3.18. The van der Waals surface area contributed by atoms with Crippen molar-refractivity contribution < 1.29 is 0 Å². The Balaban J connectivity index is 1.58. The van der Waals surface area contributed by atoms with Crippen LogP contribution < -0.4 is 5.32 Å². The van der Waals surface area contributed by atoms with Gasteiger partial charge < -0.3 is 9.88 Å². The molecule has 0 aromatic carbocycles. The number of aryl methyl sites for hydroxylation is 1. The summed E-state index contributed by atoms with van der Waals surface area (Å²) < 4.78 is 2.10. The molecule has 2 nitrogen and oxygen atoms in total. The smallest absolute Gasteiger partial charge is 0.0220 e. The fourth-order valence-electron chi connectivity index (χ4n) is 1.99. The zero-order valence-electron chi connectivity index (χ0n) is 9.00. The molecule has 0 amide bonds. The Morgan fingerprint density at radius 2 is 2.36 bits per heavy atom. The molecule has 1 fully saturated rings. The topological polar surface area (TPSA) is 17.0 Å². The number of aromatic nitrogens is 1. The molecule has 0 saturated heterocycles. The summed E-state index contributed by atoms with van der Waals surface area (Å²) in [6.45, 7) is 2.20. The molecule has 0 unspecified atom stereocenters. The van der Waals surface area contributed by atoms with E-state index in [0.717, 1.165) is 12.5 Å². The van der Waals surface area contributed by atoms with Crippen LogP contribution in [-0.2, 0) is 13.6 Å². The van der Waals surface area contributed by atoms with E-state index in [1.54, 1.807) is 0 Å². The van der Waals surface area contributed by atoms with E-state index in [2.05, 4.69) is 35.4 Å². The van der Waals surface area contributed by atoms with E-state index in [1.165, 1.54) is 37.8 Å². The van der Waals surface area contributed by atoms with Crippen LogP contribution in [0.2, 0.25) is 0 Å². The van der Waals surface area contributed by atoms with Gasteiger partial charge in [0.1, 0.15) is 0 Å². The highest BCUT2D eigenvalue weighted by Crippen LogP contribution is 2.28. The molecule has 0 bridgehead atoms. The predicted octanol–water partition coefficient (Wildman–Crippen LogP) is 2.30. The van der Waals surface area contributed by atoms with E-state index in [4.69, 9.17) is 0 Å². The van der Waals surface area contributed by atoms with Crippen molar-refractivity contribution in [3.8, 4) is 0 Å². The minimum Gasteiger partial charge on any atom is -0.357 e. The largest absolute Gasteiger partial charge is 0.357 e. The Morgan fingerprint density at radius 3 is 2.93 bits per heavy atom. The molecule has 1 saturated carbocycles. The van der Waals surface area contributed by atoms with Crippen LogP contribution in [0.4, 0.5) is 0 Å². The first-order valence-electron chi connectivity index (χ1n) is 5.66. The summed E-state index contributed by atoms with van der Waals surface area (Å²) in [6.07, 6.45) is 10.0. The van der Waals surface area contributed by atoms with Gasteiger partial charge in [0, 0.05) is 26.0 Å². The van der Waals surface area contributed by atoms with Gasteiger partial charge in [0.25, 0.3) is 0 Å². The van der Waals surface area contributed by atoms with E-state index < -0.39 is 0 Å². The summed E-state index contributed by atoms with van der Waals surface area (Å²) in [5.74, 6) is 1.03. The Hall–Kier alpha value is -0.760. The van der Waals surface area contributed by atoms with Gasteiger partial charge in [-0.2, -0.15) is 0 Å². The second-order valence-corrected chi connectivity index (χ2v) is 4.45. The van der Waals surface area contributed by atoms with Crippen molar-refractivity contribution in [2.75, 3.05) is 6.54 Å². The first-order valence-corrected chi connectivity index (χ1v) is 5.66. The number of nitrogens with zero attached hydrogens (tertiary/aromatic N) is 1. The van der Waals surface area contributed by atoms with Gasteiger partial charge in [0.05, 0.1) is 0 Å². The lowest BCUT2D eigenvalue weighted by Gasteiger charge is -2.25. The average Bonchev–Trinajstić information content (AvgIpc) is 2.48. The molecule has 1 heterocycles. The van der Waals surface area contributed by atoms with Crippen molar-refractivity contribution in [1.82, 2.24) is 9.88 Å². The van der Waals surface area contributed by atoms with E-state index in [1.807, 2.05) is 0 Å². The summed E-state index contributed by atoms with van der Waals surface area (Å²) in [5, 5.41) is 3.50. The third-order valence-corrected chi connectivity index (χ3v) is 3.18. The van der Waals surface area contributed by atoms with Crippen LogP contribution in [0.25, 0.3) is 0 Å². The highest BCUT2D eigenvalue weighted by Gasteiger charge is 2.15. The zero-order valence-corrected chi connectivity index (χ0v) is 9.00. The van der Waals surface area contributed by atoms with Gasteiger partial charge in [-0.15, -0.1) is 0 Å². The number of hydrogen-bond donors (Lipinski definition) is 1. The van der Waals surface area contributed by atoms with E-state index >= 15 is 0 Å². The third kappa shape index (κ3) is 2.61. The minimum absolute atomic E-state index is 1.02. The SMILES string of the molecule is Cn1ccc(CNCCC2CCC2)c1. The van der Waals surface area contributed by atoms with Crippen LogP contribution in [0.15, 0.2) is 18.5 Å². The number of rotatable bonds is 5. The standard InChI is InChI=1S/C12H20N2/c1-14-8-6-12(10-14)9-13-7-5-11-3-2-4-11/h6,8,10-11,13H,2-5,7,9H2,1H3. The van der Waals surface area contributed by atoms with E-state index in [0.29, 0.717) is 0 Å². The van der Waals surface area contributed by atoms with Gasteiger partial charge in [-0.3, -0.25) is 0 Å². The number of hydrogen-bond acceptors (Lipinski definition) is 1. The maximum absolute atomic E-state index is 3.50. The maximum Gasteiger partial charge on any atom is 0.0220 e. The molecule has 2 rings (SSSR count). The fourth-order valence-corrected chi connectivity index (χ4v) is 1.99. The van der Waals surface area contributed by atoms with E-state index in [9.17, 15) is 0 Å². The summed E-state index contributed by atoms with van der Waals surface area (Å²) in [4.78, 5) is 0. The second kappa shape index (κ2) is 4.65. The molecule has 0 atom stereocenters. The Morgan fingerprint density at radius 1 is 1.50 bits per heavy atom. The van der Waals surface area contributed by atoms with Crippen molar-refractivity contribution >= 4 is 0 Å². The molecule has 1 aliphatic rings. The Bertz CT molecular complexity index is 274. The molecular formula is C12H20N2. The molecule has 0 aliphatic heterocycles. The summed E-state index contributed by atoms with van der Waals surface area (Å²) in [6, 6.07) is 2.18. The highest BCUT2D eigenvalue weighted by molar-refractivity contribution is 5.09. The quantitative estimate of drug-likeness (QED) is 0.708. The first-order chi connectivity index (χ1) is 6.84. The lowest BCUT2D eigenvalue weighted by molar-refractivity contribution is 0.292. The molecule has 1 aliphatic carbocycles.